The standard InChI is InChI=1S/C20H21N5O3/c1-4-28-18-12-14(8-10-17(18)27-3)9-11-19(26)21-16-7-5-6-15(13-16)20-22-23-24-25(20)2/h5-13H,4H2,1-3H3,(H,21,26)/b11-9+. The molecule has 28 heavy (non-hydrogen) atoms. The van der Waals surface area contributed by atoms with Gasteiger partial charge in [0.05, 0.1) is 13.7 Å². The minimum absolute atomic E-state index is 0.248. The molecule has 1 aromatic heterocycles. The summed E-state index contributed by atoms with van der Waals surface area (Å²) in [6, 6.07) is 12.8. The summed E-state index contributed by atoms with van der Waals surface area (Å²) in [7, 11) is 3.35. The van der Waals surface area contributed by atoms with Gasteiger partial charge in [0.25, 0.3) is 0 Å². The van der Waals surface area contributed by atoms with Gasteiger partial charge in [-0.15, -0.1) is 5.10 Å². The number of ether oxygens (including phenoxy) is 2. The molecule has 2 aromatic carbocycles. The highest BCUT2D eigenvalue weighted by atomic mass is 16.5. The van der Waals surface area contributed by atoms with Crippen LogP contribution < -0.4 is 14.8 Å². The fourth-order valence-corrected chi connectivity index (χ4v) is 2.63. The molecule has 1 amide bonds. The second-order valence-corrected chi connectivity index (χ2v) is 5.87. The van der Waals surface area contributed by atoms with Crippen LogP contribution >= 0.6 is 0 Å². The van der Waals surface area contributed by atoms with E-state index in [2.05, 4.69) is 20.8 Å². The van der Waals surface area contributed by atoms with Crippen LogP contribution in [-0.4, -0.2) is 39.8 Å². The summed E-state index contributed by atoms with van der Waals surface area (Å²) in [5.41, 5.74) is 2.30. The van der Waals surface area contributed by atoms with Crippen molar-refractivity contribution in [3.05, 3.63) is 54.1 Å². The monoisotopic (exact) mass is 379 g/mol. The van der Waals surface area contributed by atoms with Crippen LogP contribution in [0.5, 0.6) is 11.5 Å². The van der Waals surface area contributed by atoms with Gasteiger partial charge in [-0.1, -0.05) is 18.2 Å². The molecule has 3 rings (SSSR count). The van der Waals surface area contributed by atoms with E-state index in [1.807, 2.05) is 37.3 Å². The van der Waals surface area contributed by atoms with Crippen LogP contribution in [0.1, 0.15) is 12.5 Å². The molecule has 0 saturated carbocycles. The summed E-state index contributed by atoms with van der Waals surface area (Å²) in [6.45, 7) is 2.43. The summed E-state index contributed by atoms with van der Waals surface area (Å²) in [5.74, 6) is 1.66. The lowest BCUT2D eigenvalue weighted by molar-refractivity contribution is -0.111. The first-order chi connectivity index (χ1) is 13.6. The van der Waals surface area contributed by atoms with E-state index < -0.39 is 0 Å². The van der Waals surface area contributed by atoms with E-state index in [1.54, 1.807) is 37.0 Å². The van der Waals surface area contributed by atoms with Crippen molar-refractivity contribution in [1.29, 1.82) is 0 Å². The first kappa shape index (κ1) is 19.1. The SMILES string of the molecule is CCOc1cc(/C=C/C(=O)Nc2cccc(-c3nnnn3C)c2)ccc1OC. The Hall–Kier alpha value is -3.68. The molecule has 0 aliphatic carbocycles. The third-order valence-corrected chi connectivity index (χ3v) is 3.92. The van der Waals surface area contributed by atoms with Crippen LogP contribution in [0.15, 0.2) is 48.5 Å². The second kappa shape index (κ2) is 8.81. The zero-order chi connectivity index (χ0) is 19.9. The predicted molar refractivity (Wildman–Crippen MR) is 106 cm³/mol. The van der Waals surface area contributed by atoms with Crippen molar-refractivity contribution in [3.63, 3.8) is 0 Å². The van der Waals surface area contributed by atoms with Gasteiger partial charge in [-0.3, -0.25) is 4.79 Å². The molecule has 0 aliphatic heterocycles. The van der Waals surface area contributed by atoms with E-state index in [0.717, 1.165) is 11.1 Å². The van der Waals surface area contributed by atoms with E-state index in [9.17, 15) is 4.79 Å². The lowest BCUT2D eigenvalue weighted by Gasteiger charge is -2.09. The van der Waals surface area contributed by atoms with Crippen molar-refractivity contribution in [1.82, 2.24) is 20.2 Å². The van der Waals surface area contributed by atoms with E-state index in [4.69, 9.17) is 9.47 Å². The highest BCUT2D eigenvalue weighted by Crippen LogP contribution is 2.28. The van der Waals surface area contributed by atoms with Crippen LogP contribution in [0, 0.1) is 0 Å². The molecule has 3 aromatic rings. The Morgan fingerprint density at radius 1 is 1.21 bits per heavy atom. The number of hydrogen-bond donors (Lipinski definition) is 1. The van der Waals surface area contributed by atoms with E-state index in [-0.39, 0.29) is 5.91 Å². The largest absolute Gasteiger partial charge is 0.493 e. The minimum atomic E-state index is -0.248. The van der Waals surface area contributed by atoms with Crippen molar-refractivity contribution in [3.8, 4) is 22.9 Å². The Balaban J connectivity index is 1.71. The number of carbonyl (C=O) groups excluding carboxylic acids is 1. The van der Waals surface area contributed by atoms with E-state index in [0.29, 0.717) is 29.6 Å². The molecule has 0 bridgehead atoms. The van der Waals surface area contributed by atoms with Crippen LogP contribution in [0.2, 0.25) is 0 Å². The Morgan fingerprint density at radius 3 is 2.79 bits per heavy atom. The quantitative estimate of drug-likeness (QED) is 0.635. The molecule has 0 aliphatic rings. The van der Waals surface area contributed by atoms with Gasteiger partial charge >= 0.3 is 0 Å². The van der Waals surface area contributed by atoms with Gasteiger partial charge < -0.3 is 14.8 Å². The number of hydrogen-bond acceptors (Lipinski definition) is 6. The molecule has 1 heterocycles. The van der Waals surface area contributed by atoms with E-state index >= 15 is 0 Å². The Morgan fingerprint density at radius 2 is 2.07 bits per heavy atom. The molecule has 0 fully saturated rings. The lowest BCUT2D eigenvalue weighted by atomic mass is 10.1. The van der Waals surface area contributed by atoms with Crippen LogP contribution in [-0.2, 0) is 11.8 Å². The van der Waals surface area contributed by atoms with Crippen molar-refractivity contribution >= 4 is 17.7 Å². The minimum Gasteiger partial charge on any atom is -0.493 e. The van der Waals surface area contributed by atoms with Crippen LogP contribution in [0.3, 0.4) is 0 Å². The predicted octanol–water partition coefficient (Wildman–Crippen LogP) is 2.94. The number of anilines is 1. The number of tetrazole rings is 1. The smallest absolute Gasteiger partial charge is 0.248 e. The van der Waals surface area contributed by atoms with Gasteiger partial charge in [0.2, 0.25) is 5.91 Å². The summed E-state index contributed by atoms with van der Waals surface area (Å²) >= 11 is 0. The average molecular weight is 379 g/mol. The first-order valence-electron chi connectivity index (χ1n) is 8.73. The Labute approximate surface area is 162 Å². The van der Waals surface area contributed by atoms with E-state index in [1.165, 1.54) is 6.08 Å². The third-order valence-electron chi connectivity index (χ3n) is 3.92. The highest BCUT2D eigenvalue weighted by Gasteiger charge is 2.08. The van der Waals surface area contributed by atoms with Crippen LogP contribution in [0.25, 0.3) is 17.5 Å². The fraction of sp³-hybridized carbons (Fsp3) is 0.200. The number of methoxy groups -OCH3 is 1. The molecule has 1 N–H and O–H groups in total. The summed E-state index contributed by atoms with van der Waals surface area (Å²) in [6.07, 6.45) is 3.18. The summed E-state index contributed by atoms with van der Waals surface area (Å²) < 4.78 is 12.4. The van der Waals surface area contributed by atoms with Crippen molar-refractivity contribution in [2.45, 2.75) is 6.92 Å². The normalized spacial score (nSPS) is 10.8. The number of nitrogens with one attached hydrogen (secondary N) is 1. The van der Waals surface area contributed by atoms with Gasteiger partial charge in [-0.2, -0.15) is 0 Å². The molecule has 0 unspecified atom stereocenters. The molecule has 0 atom stereocenters. The topological polar surface area (TPSA) is 91.2 Å². The zero-order valence-corrected chi connectivity index (χ0v) is 15.9. The molecular weight excluding hydrogens is 358 g/mol. The molecular formula is C20H21N5O3. The van der Waals surface area contributed by atoms with Crippen molar-refractivity contribution in [2.24, 2.45) is 7.05 Å². The Bertz CT molecular complexity index is 997. The molecule has 144 valence electrons. The molecule has 0 saturated heterocycles. The maximum Gasteiger partial charge on any atom is 0.248 e. The van der Waals surface area contributed by atoms with Gasteiger partial charge in [0, 0.05) is 24.4 Å². The van der Waals surface area contributed by atoms with Gasteiger partial charge in [0.1, 0.15) is 0 Å². The second-order valence-electron chi connectivity index (χ2n) is 5.87. The van der Waals surface area contributed by atoms with Crippen molar-refractivity contribution in [2.75, 3.05) is 19.0 Å². The zero-order valence-electron chi connectivity index (χ0n) is 15.9. The highest BCUT2D eigenvalue weighted by molar-refractivity contribution is 6.02. The summed E-state index contributed by atoms with van der Waals surface area (Å²) in [4.78, 5) is 12.3. The number of nitrogens with zero attached hydrogens (tertiary/aromatic N) is 4. The first-order valence-corrected chi connectivity index (χ1v) is 8.73. The van der Waals surface area contributed by atoms with Gasteiger partial charge in [-0.05, 0) is 53.3 Å². The average Bonchev–Trinajstić information content (AvgIpc) is 3.13. The Kier molecular flexibility index (Phi) is 6.01. The fourth-order valence-electron chi connectivity index (χ4n) is 2.63. The van der Waals surface area contributed by atoms with Crippen LogP contribution in [0.4, 0.5) is 5.69 Å². The maximum absolute atomic E-state index is 12.3. The van der Waals surface area contributed by atoms with Gasteiger partial charge in [0.15, 0.2) is 17.3 Å². The molecule has 8 nitrogen and oxygen atoms in total. The number of benzene rings is 2. The third kappa shape index (κ3) is 4.53. The number of carbonyl (C=O) groups is 1. The molecule has 8 heteroatoms. The number of rotatable bonds is 7. The molecule has 0 spiro atoms. The maximum atomic E-state index is 12.3. The number of amides is 1. The van der Waals surface area contributed by atoms with Crippen molar-refractivity contribution < 1.29 is 14.3 Å². The number of aromatic nitrogens is 4. The summed E-state index contributed by atoms with van der Waals surface area (Å²) in [5, 5.41) is 14.3. The number of aryl methyl sites for hydroxylation is 1. The lowest BCUT2D eigenvalue weighted by Crippen LogP contribution is -2.07. The molecule has 0 radical (unpaired) electrons. The van der Waals surface area contributed by atoms with Gasteiger partial charge in [-0.25, -0.2) is 4.68 Å².